The van der Waals surface area contributed by atoms with Gasteiger partial charge in [-0.2, -0.15) is 0 Å². The lowest BCUT2D eigenvalue weighted by Crippen LogP contribution is -2.25. The van der Waals surface area contributed by atoms with Crippen LogP contribution in [0.3, 0.4) is 0 Å². The van der Waals surface area contributed by atoms with Crippen molar-refractivity contribution in [2.75, 3.05) is 13.0 Å². The van der Waals surface area contributed by atoms with Gasteiger partial charge in [-0.25, -0.2) is 0 Å². The molecule has 0 aliphatic rings. The van der Waals surface area contributed by atoms with Gasteiger partial charge in [0.15, 0.2) is 0 Å². The highest BCUT2D eigenvalue weighted by Gasteiger charge is 2.29. The monoisotopic (exact) mass is 487 g/mol. The summed E-state index contributed by atoms with van der Waals surface area (Å²) in [4.78, 5) is 25.7. The molecule has 5 nitrogen and oxygen atoms in total. The van der Waals surface area contributed by atoms with Gasteiger partial charge in [-0.1, -0.05) is 34.8 Å². The molecule has 3 rings (SSSR count). The zero-order valence-corrected chi connectivity index (χ0v) is 19.1. The SMILES string of the molecule is COc1ccc2c(c1)c(CC(=O)OC(Cl)(Cl)CCl)c(C)n2C(=O)c1ccc(Cl)cc1. The molecule has 0 bridgehead atoms. The first-order chi connectivity index (χ1) is 14.2. The molecule has 0 saturated carbocycles. The van der Waals surface area contributed by atoms with Gasteiger partial charge in [0.2, 0.25) is 0 Å². The molecular weight excluding hydrogens is 472 g/mol. The highest BCUT2D eigenvalue weighted by molar-refractivity contribution is 6.50. The second-order valence-electron chi connectivity index (χ2n) is 6.52. The Morgan fingerprint density at radius 1 is 1.10 bits per heavy atom. The van der Waals surface area contributed by atoms with Gasteiger partial charge in [-0.05, 0) is 55.0 Å². The number of hydrogen-bond donors (Lipinski definition) is 0. The Morgan fingerprint density at radius 2 is 1.77 bits per heavy atom. The van der Waals surface area contributed by atoms with Crippen molar-refractivity contribution in [2.45, 2.75) is 17.9 Å². The third-order valence-corrected chi connectivity index (χ3v) is 5.90. The van der Waals surface area contributed by atoms with Crippen molar-refractivity contribution in [3.63, 3.8) is 0 Å². The Balaban J connectivity index is 2.10. The fourth-order valence-electron chi connectivity index (χ4n) is 3.17. The van der Waals surface area contributed by atoms with E-state index in [-0.39, 0.29) is 18.2 Å². The average molecular weight is 489 g/mol. The minimum Gasteiger partial charge on any atom is -0.497 e. The van der Waals surface area contributed by atoms with Crippen LogP contribution < -0.4 is 4.74 Å². The lowest BCUT2D eigenvalue weighted by Gasteiger charge is -2.17. The number of nitrogens with zero attached hydrogens (tertiary/aromatic N) is 1. The smallest absolute Gasteiger partial charge is 0.313 e. The molecular formula is C21H17Cl4NO4. The molecule has 0 fully saturated rings. The standard InChI is InChI=1S/C21H17Cl4NO4/c1-12-16(10-19(27)30-21(24,25)11-22)17-9-15(29-2)7-8-18(17)26(12)20(28)13-3-5-14(23)6-4-13/h3-9H,10-11H2,1-2H3. The van der Waals surface area contributed by atoms with E-state index >= 15 is 0 Å². The van der Waals surface area contributed by atoms with Gasteiger partial charge >= 0.3 is 5.97 Å². The number of methoxy groups -OCH3 is 1. The molecule has 0 N–H and O–H groups in total. The fraction of sp³-hybridized carbons (Fsp3) is 0.238. The summed E-state index contributed by atoms with van der Waals surface area (Å²) in [6.07, 6.45) is -0.158. The first kappa shape index (κ1) is 22.8. The Hall–Kier alpha value is -1.92. The van der Waals surface area contributed by atoms with Crippen molar-refractivity contribution in [2.24, 2.45) is 0 Å². The van der Waals surface area contributed by atoms with Crippen LogP contribution in [0.25, 0.3) is 10.9 Å². The van der Waals surface area contributed by atoms with Crippen LogP contribution in [0.4, 0.5) is 0 Å². The van der Waals surface area contributed by atoms with Gasteiger partial charge in [0.25, 0.3) is 10.4 Å². The van der Waals surface area contributed by atoms with E-state index in [1.54, 1.807) is 49.4 Å². The van der Waals surface area contributed by atoms with E-state index in [4.69, 9.17) is 55.9 Å². The number of carbonyl (C=O) groups excluding carboxylic acids is 2. The second-order valence-corrected chi connectivity index (χ2v) is 8.63. The molecule has 0 radical (unpaired) electrons. The van der Waals surface area contributed by atoms with Crippen LogP contribution in [0.2, 0.25) is 5.02 Å². The van der Waals surface area contributed by atoms with Crippen LogP contribution in [-0.2, 0) is 16.0 Å². The molecule has 0 spiro atoms. The molecule has 3 aromatic rings. The molecule has 0 atom stereocenters. The summed E-state index contributed by atoms with van der Waals surface area (Å²) >= 11 is 23.2. The number of benzene rings is 2. The maximum atomic E-state index is 13.2. The first-order valence-corrected chi connectivity index (χ1v) is 10.5. The van der Waals surface area contributed by atoms with Gasteiger partial charge in [0.05, 0.1) is 24.9 Å². The predicted molar refractivity (Wildman–Crippen MR) is 119 cm³/mol. The fourth-order valence-corrected chi connectivity index (χ4v) is 3.52. The predicted octanol–water partition coefficient (Wildman–Crippen LogP) is 5.76. The molecule has 158 valence electrons. The van der Waals surface area contributed by atoms with Crippen molar-refractivity contribution < 1.29 is 19.1 Å². The quantitative estimate of drug-likeness (QED) is 0.327. The Kier molecular flexibility index (Phi) is 6.88. The van der Waals surface area contributed by atoms with E-state index in [1.807, 2.05) is 0 Å². The Morgan fingerprint density at radius 3 is 2.37 bits per heavy atom. The number of esters is 1. The van der Waals surface area contributed by atoms with Crippen LogP contribution in [-0.4, -0.2) is 34.0 Å². The molecule has 1 heterocycles. The lowest BCUT2D eigenvalue weighted by molar-refractivity contribution is -0.145. The van der Waals surface area contributed by atoms with E-state index in [2.05, 4.69) is 0 Å². The molecule has 0 saturated heterocycles. The molecule has 0 amide bonds. The Bertz CT molecular complexity index is 1110. The second kappa shape index (κ2) is 9.06. The minimum absolute atomic E-state index is 0.158. The summed E-state index contributed by atoms with van der Waals surface area (Å²) in [5, 5.41) is 1.20. The average Bonchev–Trinajstić information content (AvgIpc) is 2.98. The van der Waals surface area contributed by atoms with E-state index in [0.717, 1.165) is 0 Å². The maximum absolute atomic E-state index is 13.2. The number of carbonyl (C=O) groups is 2. The molecule has 30 heavy (non-hydrogen) atoms. The first-order valence-electron chi connectivity index (χ1n) is 8.80. The highest BCUT2D eigenvalue weighted by atomic mass is 35.5. The summed E-state index contributed by atoms with van der Waals surface area (Å²) in [5.41, 5.74) is 2.24. The third kappa shape index (κ3) is 4.70. The zero-order valence-electron chi connectivity index (χ0n) is 16.0. The van der Waals surface area contributed by atoms with E-state index in [1.165, 1.54) is 11.7 Å². The molecule has 1 aromatic heterocycles. The normalized spacial score (nSPS) is 11.5. The Labute approximate surface area is 193 Å². The van der Waals surface area contributed by atoms with Gasteiger partial charge in [-0.3, -0.25) is 14.2 Å². The van der Waals surface area contributed by atoms with Crippen molar-refractivity contribution in [1.82, 2.24) is 4.57 Å². The highest BCUT2D eigenvalue weighted by Crippen LogP contribution is 2.32. The molecule has 2 aromatic carbocycles. The van der Waals surface area contributed by atoms with Gasteiger partial charge in [0.1, 0.15) is 5.75 Å². The zero-order chi connectivity index (χ0) is 22.1. The number of hydrogen-bond acceptors (Lipinski definition) is 4. The van der Waals surface area contributed by atoms with Crippen molar-refractivity contribution in [3.8, 4) is 5.75 Å². The third-order valence-electron chi connectivity index (χ3n) is 4.58. The van der Waals surface area contributed by atoms with E-state index < -0.39 is 10.5 Å². The number of alkyl halides is 3. The van der Waals surface area contributed by atoms with Gasteiger partial charge in [-0.15, -0.1) is 11.6 Å². The summed E-state index contributed by atoms with van der Waals surface area (Å²) < 4.78 is 10.0. The molecule has 0 aliphatic heterocycles. The number of fused-ring (bicyclic) bond motifs is 1. The minimum atomic E-state index is -1.83. The summed E-state index contributed by atoms with van der Waals surface area (Å²) in [7, 11) is 1.54. The summed E-state index contributed by atoms with van der Waals surface area (Å²) in [6, 6.07) is 11.8. The van der Waals surface area contributed by atoms with Crippen LogP contribution >= 0.6 is 46.4 Å². The molecule has 9 heteroatoms. The summed E-state index contributed by atoms with van der Waals surface area (Å²) in [6.45, 7) is 1.75. The van der Waals surface area contributed by atoms with Crippen molar-refractivity contribution in [3.05, 3.63) is 64.3 Å². The number of rotatable bonds is 6. The number of ether oxygens (including phenoxy) is 2. The van der Waals surface area contributed by atoms with Crippen molar-refractivity contribution in [1.29, 1.82) is 0 Å². The maximum Gasteiger partial charge on any atom is 0.313 e. The molecule has 0 aliphatic carbocycles. The van der Waals surface area contributed by atoms with Gasteiger partial charge in [0, 0.05) is 21.7 Å². The van der Waals surface area contributed by atoms with Crippen LogP contribution in [0.5, 0.6) is 5.75 Å². The summed E-state index contributed by atoms with van der Waals surface area (Å²) in [5.74, 6) is -0.642. The van der Waals surface area contributed by atoms with Gasteiger partial charge < -0.3 is 9.47 Å². The number of halogens is 4. The lowest BCUT2D eigenvalue weighted by atomic mass is 10.1. The van der Waals surface area contributed by atoms with Crippen LogP contribution in [0.15, 0.2) is 42.5 Å². The molecule has 0 unspecified atom stereocenters. The van der Waals surface area contributed by atoms with Crippen molar-refractivity contribution >= 4 is 69.2 Å². The number of aromatic nitrogens is 1. The van der Waals surface area contributed by atoms with Crippen LogP contribution in [0.1, 0.15) is 21.6 Å². The van der Waals surface area contributed by atoms with E-state index in [9.17, 15) is 9.59 Å². The largest absolute Gasteiger partial charge is 0.497 e. The topological polar surface area (TPSA) is 57.5 Å². The van der Waals surface area contributed by atoms with Crippen LogP contribution in [0, 0.1) is 6.92 Å². The van der Waals surface area contributed by atoms with E-state index in [0.29, 0.717) is 38.5 Å².